The second kappa shape index (κ2) is 37.6. The molecule has 0 radical (unpaired) electrons. The number of carbonyl (C=O) groups excluding carboxylic acids is 1. The Morgan fingerprint density at radius 1 is 0.533 bits per heavy atom. The lowest BCUT2D eigenvalue weighted by molar-refractivity contribution is -0.220. The Hall–Kier alpha value is -1.96. The predicted octanol–water partition coefficient (Wildman–Crippen LogP) is 9.42. The van der Waals surface area contributed by atoms with Crippen molar-refractivity contribution < 1.29 is 58.3 Å². The zero-order valence-electron chi connectivity index (χ0n) is 37.0. The van der Waals surface area contributed by atoms with Crippen molar-refractivity contribution >= 4 is 13.8 Å². The number of phosphoric acid groups is 1. The highest BCUT2D eigenvalue weighted by molar-refractivity contribution is 7.47. The van der Waals surface area contributed by atoms with E-state index in [4.69, 9.17) is 18.5 Å². The average Bonchev–Trinajstić information content (AvgIpc) is 3.23. The van der Waals surface area contributed by atoms with Crippen LogP contribution in [0.15, 0.2) is 60.8 Å². The molecule has 0 aromatic heterocycles. The zero-order valence-corrected chi connectivity index (χ0v) is 37.9. The summed E-state index contributed by atoms with van der Waals surface area (Å²) < 4.78 is 34.0. The lowest BCUT2D eigenvalue weighted by Crippen LogP contribution is -2.64. The van der Waals surface area contributed by atoms with Gasteiger partial charge in [0.25, 0.3) is 0 Å². The van der Waals surface area contributed by atoms with Crippen LogP contribution in [-0.2, 0) is 27.9 Å². The first-order valence-electron chi connectivity index (χ1n) is 23.1. The van der Waals surface area contributed by atoms with Crippen LogP contribution in [0.3, 0.4) is 0 Å². The van der Waals surface area contributed by atoms with Gasteiger partial charge in [-0.25, -0.2) is 4.57 Å². The van der Waals surface area contributed by atoms with Crippen LogP contribution >= 0.6 is 7.82 Å². The highest BCUT2D eigenvalue weighted by atomic mass is 31.2. The smallest absolute Gasteiger partial charge is 0.457 e. The van der Waals surface area contributed by atoms with Gasteiger partial charge in [-0.3, -0.25) is 13.8 Å². The Morgan fingerprint density at radius 2 is 0.917 bits per heavy atom. The van der Waals surface area contributed by atoms with Crippen molar-refractivity contribution in [3.63, 3.8) is 0 Å². The number of phosphoric ester groups is 1. The van der Waals surface area contributed by atoms with Crippen molar-refractivity contribution in [3.05, 3.63) is 60.8 Å². The maximum Gasteiger partial charge on any atom is 0.472 e. The Bertz CT molecular complexity index is 1220. The van der Waals surface area contributed by atoms with Gasteiger partial charge in [0.15, 0.2) is 0 Å². The first-order chi connectivity index (χ1) is 29.0. The fourth-order valence-corrected chi connectivity index (χ4v) is 7.76. The molecule has 0 heterocycles. The number of hydrogen-bond donors (Lipinski definition) is 6. The molecule has 1 fully saturated rings. The van der Waals surface area contributed by atoms with Gasteiger partial charge in [0, 0.05) is 6.61 Å². The topological polar surface area (TPSA) is 192 Å². The normalized spacial score (nSPS) is 22.9. The van der Waals surface area contributed by atoms with Gasteiger partial charge >= 0.3 is 13.8 Å². The van der Waals surface area contributed by atoms with E-state index in [1.54, 1.807) is 6.08 Å². The fourth-order valence-electron chi connectivity index (χ4n) is 6.78. The molecular weight excluding hydrogens is 787 g/mol. The van der Waals surface area contributed by atoms with Crippen LogP contribution in [0.2, 0.25) is 0 Å². The third kappa shape index (κ3) is 29.4. The summed E-state index contributed by atoms with van der Waals surface area (Å²) in [6, 6.07) is 0. The number of rotatable bonds is 38. The number of unbranched alkanes of at least 4 members (excludes halogenated alkanes) is 17. The molecular formula is C47H83O12P. The summed E-state index contributed by atoms with van der Waals surface area (Å²) in [6.45, 7) is 4.04. The molecule has 0 saturated heterocycles. The molecule has 0 aromatic carbocycles. The lowest BCUT2D eigenvalue weighted by atomic mass is 9.85. The highest BCUT2D eigenvalue weighted by Crippen LogP contribution is 2.47. The number of carbonyl (C=O) groups is 1. The molecule has 0 amide bonds. The standard InChI is InChI=1S/C47H83O12P/c1-3-5-7-9-11-13-15-17-19-20-21-23-25-27-29-31-33-35-37-56-38-40(39-57-60(54,55)59-47-45(52)43(50)42(49)44(51)46(47)53)58-41(48)36-34-32-30-28-26-24-22-18-16-14-12-10-8-6-4-2/h6,8,12,14,18,22,26,28,32,34,40,42-47,49-53H,3-5,7,9-11,13,15-17,19-21,23-25,27,29-31,33,35-39H2,1-2H3,(H,54,55)/b8-6-,14-12-,22-18-,28-26-,34-32-. The molecule has 60 heavy (non-hydrogen) atoms. The van der Waals surface area contributed by atoms with Gasteiger partial charge in [-0.05, 0) is 38.5 Å². The molecule has 6 atom stereocenters. The minimum Gasteiger partial charge on any atom is -0.457 e. The number of allylic oxidation sites excluding steroid dienone is 9. The summed E-state index contributed by atoms with van der Waals surface area (Å²) in [7, 11) is -5.04. The Balaban J connectivity index is 2.44. The molecule has 13 heteroatoms. The van der Waals surface area contributed by atoms with E-state index in [0.29, 0.717) is 13.0 Å². The molecule has 1 aliphatic rings. The number of aliphatic hydroxyl groups excluding tert-OH is 5. The van der Waals surface area contributed by atoms with E-state index < -0.39 is 63.1 Å². The van der Waals surface area contributed by atoms with Crippen molar-refractivity contribution in [2.75, 3.05) is 19.8 Å². The predicted molar refractivity (Wildman–Crippen MR) is 239 cm³/mol. The quantitative estimate of drug-likeness (QED) is 0.0149. The van der Waals surface area contributed by atoms with Crippen molar-refractivity contribution in [3.8, 4) is 0 Å². The summed E-state index contributed by atoms with van der Waals surface area (Å²) in [6.07, 6.45) is 34.7. The molecule has 1 saturated carbocycles. The van der Waals surface area contributed by atoms with Crippen LogP contribution in [0.1, 0.15) is 168 Å². The fraction of sp³-hybridized carbons (Fsp3) is 0.766. The van der Waals surface area contributed by atoms with Gasteiger partial charge in [0.05, 0.1) is 19.6 Å². The van der Waals surface area contributed by atoms with Gasteiger partial charge in [-0.15, -0.1) is 0 Å². The first kappa shape index (κ1) is 56.1. The molecule has 0 bridgehead atoms. The van der Waals surface area contributed by atoms with Gasteiger partial charge in [-0.1, -0.05) is 184 Å². The summed E-state index contributed by atoms with van der Waals surface area (Å²) in [5.41, 5.74) is 0. The number of hydrogen-bond acceptors (Lipinski definition) is 11. The van der Waals surface area contributed by atoms with E-state index in [1.807, 2.05) is 18.2 Å². The van der Waals surface area contributed by atoms with Gasteiger partial charge in [0.1, 0.15) is 42.7 Å². The van der Waals surface area contributed by atoms with Crippen LogP contribution < -0.4 is 0 Å². The van der Waals surface area contributed by atoms with Crippen molar-refractivity contribution in [2.24, 2.45) is 0 Å². The molecule has 348 valence electrons. The maximum atomic E-state index is 12.8. The summed E-state index contributed by atoms with van der Waals surface area (Å²) in [5.74, 6) is -0.603. The van der Waals surface area contributed by atoms with E-state index in [1.165, 1.54) is 96.3 Å². The molecule has 12 nitrogen and oxygen atoms in total. The third-order valence-corrected chi connectivity index (χ3v) is 11.4. The minimum atomic E-state index is -5.04. The summed E-state index contributed by atoms with van der Waals surface area (Å²) in [5, 5.41) is 50.1. The molecule has 0 spiro atoms. The van der Waals surface area contributed by atoms with Crippen molar-refractivity contribution in [1.82, 2.24) is 0 Å². The Kier molecular flexibility index (Phi) is 35.1. The number of esters is 1. The summed E-state index contributed by atoms with van der Waals surface area (Å²) >= 11 is 0. The number of aliphatic hydroxyl groups is 5. The first-order valence-corrected chi connectivity index (χ1v) is 24.6. The van der Waals surface area contributed by atoms with Crippen molar-refractivity contribution in [1.29, 1.82) is 0 Å². The van der Waals surface area contributed by atoms with E-state index >= 15 is 0 Å². The largest absolute Gasteiger partial charge is 0.472 e. The van der Waals surface area contributed by atoms with E-state index in [-0.39, 0.29) is 13.0 Å². The molecule has 0 aliphatic heterocycles. The monoisotopic (exact) mass is 871 g/mol. The van der Waals surface area contributed by atoms with Crippen molar-refractivity contribution in [2.45, 2.75) is 211 Å². The molecule has 1 aliphatic carbocycles. The van der Waals surface area contributed by atoms with E-state index in [0.717, 1.165) is 44.9 Å². The molecule has 0 aromatic rings. The van der Waals surface area contributed by atoms with Crippen LogP contribution in [0.25, 0.3) is 0 Å². The zero-order chi connectivity index (χ0) is 44.1. The third-order valence-electron chi connectivity index (χ3n) is 10.4. The van der Waals surface area contributed by atoms with Gasteiger partial charge < -0.3 is 39.9 Å². The van der Waals surface area contributed by atoms with Crippen LogP contribution in [0, 0.1) is 0 Å². The SMILES string of the molecule is CC/C=C\C/C=C\C/C=C\C/C=C\C/C=C\CC(=O)OC(COCCCCCCCCCCCCCCCCCCCC)COP(=O)(O)OC1C(O)C(O)C(O)C(O)C1O. The van der Waals surface area contributed by atoms with E-state index in [9.17, 15) is 39.8 Å². The van der Waals surface area contributed by atoms with Gasteiger partial charge in [-0.2, -0.15) is 0 Å². The maximum absolute atomic E-state index is 12.8. The highest BCUT2D eigenvalue weighted by Gasteiger charge is 2.51. The minimum absolute atomic E-state index is 0.0465. The molecule has 6 N–H and O–H groups in total. The summed E-state index contributed by atoms with van der Waals surface area (Å²) in [4.78, 5) is 23.1. The Labute approximate surface area is 362 Å². The molecule has 1 rings (SSSR count). The van der Waals surface area contributed by atoms with Crippen LogP contribution in [0.5, 0.6) is 0 Å². The lowest BCUT2D eigenvalue weighted by Gasteiger charge is -2.41. The van der Waals surface area contributed by atoms with E-state index in [2.05, 4.69) is 50.3 Å². The van der Waals surface area contributed by atoms with Crippen LogP contribution in [-0.4, -0.2) is 98.9 Å². The second-order valence-electron chi connectivity index (χ2n) is 15.9. The van der Waals surface area contributed by atoms with Crippen LogP contribution in [0.4, 0.5) is 0 Å². The second-order valence-corrected chi connectivity index (χ2v) is 17.3. The Morgan fingerprint density at radius 3 is 1.35 bits per heavy atom. The van der Waals surface area contributed by atoms with Gasteiger partial charge in [0.2, 0.25) is 0 Å². The number of ether oxygens (including phenoxy) is 2. The average molecular weight is 871 g/mol. The molecule has 6 unspecified atom stereocenters.